The molecule has 3 aromatic rings. The molecule has 0 spiro atoms. The van der Waals surface area contributed by atoms with Gasteiger partial charge in [-0.1, -0.05) is 43.3 Å². The Bertz CT molecular complexity index is 972. The Morgan fingerprint density at radius 2 is 1.83 bits per heavy atom. The third-order valence-electron chi connectivity index (χ3n) is 6.20. The second-order valence-corrected chi connectivity index (χ2v) is 8.48. The van der Waals surface area contributed by atoms with Crippen molar-refractivity contribution < 1.29 is 0 Å². The minimum Gasteiger partial charge on any atom is -0.339 e. The predicted octanol–water partition coefficient (Wildman–Crippen LogP) is 4.15. The molecule has 0 amide bonds. The summed E-state index contributed by atoms with van der Waals surface area (Å²) in [5.41, 5.74) is 2.13. The lowest BCUT2D eigenvalue weighted by Crippen LogP contribution is -2.39. The average molecular weight is 404 g/mol. The molecule has 5 nitrogen and oxygen atoms in total. The van der Waals surface area contributed by atoms with Gasteiger partial charge in [0, 0.05) is 44.0 Å². The number of hydrogen-bond donors (Lipinski definition) is 0. The molecule has 1 aliphatic heterocycles. The van der Waals surface area contributed by atoms with Gasteiger partial charge in [0.1, 0.15) is 0 Å². The molecule has 0 saturated carbocycles. The zero-order chi connectivity index (χ0) is 20.9. The topological polar surface area (TPSA) is 35.5 Å². The molecule has 1 fully saturated rings. The highest BCUT2D eigenvalue weighted by Crippen LogP contribution is 2.25. The van der Waals surface area contributed by atoms with E-state index in [1.165, 1.54) is 23.7 Å². The summed E-state index contributed by atoms with van der Waals surface area (Å²) < 4.78 is 0. The Morgan fingerprint density at radius 3 is 2.67 bits per heavy atom. The zero-order valence-corrected chi connectivity index (χ0v) is 18.5. The van der Waals surface area contributed by atoms with Crippen LogP contribution in [0.5, 0.6) is 0 Å². The molecule has 1 aromatic heterocycles. The standard InChI is InChI=1S/C25H33N5/c1-4-14-28(2)16-17-29(3)23-12-15-30(19-23)25-26-13-11-24(27-25)22-10-9-20-7-5-6-8-21(20)18-22/h5-11,13,18,23H,4,12,14-17,19H2,1-3H3. The van der Waals surface area contributed by atoms with Crippen LogP contribution >= 0.6 is 0 Å². The van der Waals surface area contributed by atoms with Crippen molar-refractivity contribution in [2.24, 2.45) is 0 Å². The molecule has 0 bridgehead atoms. The van der Waals surface area contributed by atoms with E-state index in [0.29, 0.717) is 6.04 Å². The highest BCUT2D eigenvalue weighted by molar-refractivity contribution is 5.86. The summed E-state index contributed by atoms with van der Waals surface area (Å²) in [4.78, 5) is 16.8. The molecule has 2 heterocycles. The van der Waals surface area contributed by atoms with Gasteiger partial charge in [-0.25, -0.2) is 9.97 Å². The molecular formula is C25H33N5. The van der Waals surface area contributed by atoms with Crippen LogP contribution in [-0.2, 0) is 0 Å². The maximum Gasteiger partial charge on any atom is 0.225 e. The summed E-state index contributed by atoms with van der Waals surface area (Å²) in [6.45, 7) is 7.64. The first-order valence-corrected chi connectivity index (χ1v) is 11.1. The summed E-state index contributed by atoms with van der Waals surface area (Å²) >= 11 is 0. The van der Waals surface area contributed by atoms with Crippen molar-refractivity contribution in [2.75, 3.05) is 51.7 Å². The van der Waals surface area contributed by atoms with Crippen molar-refractivity contribution in [3.63, 3.8) is 0 Å². The molecule has 5 heteroatoms. The maximum atomic E-state index is 4.91. The fourth-order valence-electron chi connectivity index (χ4n) is 4.30. The number of anilines is 1. The lowest BCUT2D eigenvalue weighted by molar-refractivity contribution is 0.215. The van der Waals surface area contributed by atoms with Crippen LogP contribution in [0.3, 0.4) is 0 Å². The highest BCUT2D eigenvalue weighted by Gasteiger charge is 2.27. The van der Waals surface area contributed by atoms with Crippen LogP contribution < -0.4 is 4.90 Å². The molecule has 2 aromatic carbocycles. The molecule has 30 heavy (non-hydrogen) atoms. The van der Waals surface area contributed by atoms with E-state index in [2.05, 4.69) is 83.2 Å². The van der Waals surface area contributed by atoms with E-state index in [9.17, 15) is 0 Å². The molecule has 0 N–H and O–H groups in total. The molecule has 4 rings (SSSR count). The minimum atomic E-state index is 0.563. The smallest absolute Gasteiger partial charge is 0.225 e. The first kappa shape index (κ1) is 20.8. The van der Waals surface area contributed by atoms with E-state index < -0.39 is 0 Å². The van der Waals surface area contributed by atoms with Gasteiger partial charge in [0.05, 0.1) is 5.69 Å². The van der Waals surface area contributed by atoms with Gasteiger partial charge in [-0.15, -0.1) is 0 Å². The lowest BCUT2D eigenvalue weighted by atomic mass is 10.1. The molecule has 158 valence electrons. The fraction of sp³-hybridized carbons (Fsp3) is 0.440. The van der Waals surface area contributed by atoms with Crippen molar-refractivity contribution in [1.82, 2.24) is 19.8 Å². The Labute approximate surface area is 180 Å². The van der Waals surface area contributed by atoms with E-state index in [0.717, 1.165) is 49.8 Å². The van der Waals surface area contributed by atoms with Crippen LogP contribution in [0.25, 0.3) is 22.0 Å². The first-order chi connectivity index (χ1) is 14.6. The number of rotatable bonds is 8. The van der Waals surface area contributed by atoms with Crippen molar-refractivity contribution in [3.8, 4) is 11.3 Å². The lowest BCUT2D eigenvalue weighted by Gasteiger charge is -2.27. The molecule has 0 radical (unpaired) electrons. The van der Waals surface area contributed by atoms with Crippen molar-refractivity contribution in [3.05, 3.63) is 54.7 Å². The van der Waals surface area contributed by atoms with Gasteiger partial charge in [-0.3, -0.25) is 0 Å². The second kappa shape index (κ2) is 9.54. The van der Waals surface area contributed by atoms with Crippen LogP contribution in [0.1, 0.15) is 19.8 Å². The van der Waals surface area contributed by atoms with E-state index >= 15 is 0 Å². The van der Waals surface area contributed by atoms with Crippen LogP contribution in [0.15, 0.2) is 54.7 Å². The minimum absolute atomic E-state index is 0.563. The monoisotopic (exact) mass is 403 g/mol. The fourth-order valence-corrected chi connectivity index (χ4v) is 4.30. The van der Waals surface area contributed by atoms with E-state index in [1.54, 1.807) is 0 Å². The number of benzene rings is 2. The van der Waals surface area contributed by atoms with Gasteiger partial charge in [-0.2, -0.15) is 0 Å². The van der Waals surface area contributed by atoms with Crippen LogP contribution in [0.4, 0.5) is 5.95 Å². The van der Waals surface area contributed by atoms with Gasteiger partial charge in [-0.05, 0) is 56.4 Å². The number of aromatic nitrogens is 2. The third kappa shape index (κ3) is 4.79. The third-order valence-corrected chi connectivity index (χ3v) is 6.20. The van der Waals surface area contributed by atoms with Crippen molar-refractivity contribution in [2.45, 2.75) is 25.8 Å². The molecule has 1 aliphatic rings. The van der Waals surface area contributed by atoms with Crippen molar-refractivity contribution >= 4 is 16.7 Å². The van der Waals surface area contributed by atoms with Gasteiger partial charge >= 0.3 is 0 Å². The van der Waals surface area contributed by atoms with E-state index in [4.69, 9.17) is 4.98 Å². The first-order valence-electron chi connectivity index (χ1n) is 11.1. The molecule has 1 unspecified atom stereocenters. The summed E-state index contributed by atoms with van der Waals surface area (Å²) in [7, 11) is 4.46. The zero-order valence-electron chi connectivity index (χ0n) is 18.5. The summed E-state index contributed by atoms with van der Waals surface area (Å²) in [6.07, 6.45) is 4.27. The Balaban J connectivity index is 1.42. The number of nitrogens with zero attached hydrogens (tertiary/aromatic N) is 5. The number of likely N-dealkylation sites (N-methyl/N-ethyl adjacent to an activating group) is 2. The van der Waals surface area contributed by atoms with Gasteiger partial charge in [0.25, 0.3) is 0 Å². The number of fused-ring (bicyclic) bond motifs is 1. The van der Waals surface area contributed by atoms with E-state index in [-0.39, 0.29) is 0 Å². The largest absolute Gasteiger partial charge is 0.339 e. The summed E-state index contributed by atoms with van der Waals surface area (Å²) in [5.74, 6) is 0.847. The SMILES string of the molecule is CCCN(C)CCN(C)C1CCN(c2nccc(-c3ccc4ccccc4c3)n2)C1. The van der Waals surface area contributed by atoms with E-state index in [1.807, 2.05) is 12.3 Å². The summed E-state index contributed by atoms with van der Waals surface area (Å²) in [5, 5.41) is 2.50. The Morgan fingerprint density at radius 1 is 1.00 bits per heavy atom. The Hall–Kier alpha value is -2.50. The normalized spacial score (nSPS) is 16.8. The van der Waals surface area contributed by atoms with Gasteiger partial charge in [0.15, 0.2) is 0 Å². The van der Waals surface area contributed by atoms with Crippen LogP contribution in [-0.4, -0.2) is 72.6 Å². The molecule has 1 saturated heterocycles. The highest BCUT2D eigenvalue weighted by atomic mass is 15.3. The maximum absolute atomic E-state index is 4.91. The number of hydrogen-bond acceptors (Lipinski definition) is 5. The van der Waals surface area contributed by atoms with Crippen LogP contribution in [0, 0.1) is 0 Å². The quantitative estimate of drug-likeness (QED) is 0.565. The van der Waals surface area contributed by atoms with Crippen LogP contribution in [0.2, 0.25) is 0 Å². The average Bonchev–Trinajstić information content (AvgIpc) is 3.28. The van der Waals surface area contributed by atoms with Gasteiger partial charge < -0.3 is 14.7 Å². The second-order valence-electron chi connectivity index (χ2n) is 8.48. The summed E-state index contributed by atoms with van der Waals surface area (Å²) in [6, 6.07) is 17.6. The predicted molar refractivity (Wildman–Crippen MR) is 126 cm³/mol. The van der Waals surface area contributed by atoms with Gasteiger partial charge in [0.2, 0.25) is 5.95 Å². The molecule has 0 aliphatic carbocycles. The molecular weight excluding hydrogens is 370 g/mol. The molecule has 1 atom stereocenters. The Kier molecular flexibility index (Phi) is 6.60. The van der Waals surface area contributed by atoms with Crippen molar-refractivity contribution in [1.29, 1.82) is 0 Å².